The number of hydrogen-bond acceptors (Lipinski definition) is 4. The number of H-pyrrole nitrogens is 2. The van der Waals surface area contributed by atoms with Gasteiger partial charge in [0, 0.05) is 23.5 Å². The van der Waals surface area contributed by atoms with Crippen LogP contribution in [0.5, 0.6) is 0 Å². The molecule has 0 aliphatic carbocycles. The van der Waals surface area contributed by atoms with E-state index in [9.17, 15) is 4.79 Å². The van der Waals surface area contributed by atoms with E-state index in [1.165, 1.54) is 5.56 Å². The van der Waals surface area contributed by atoms with E-state index in [1.807, 2.05) is 12.3 Å². The lowest BCUT2D eigenvalue weighted by Crippen LogP contribution is -2.13. The molecule has 4 rings (SSSR count). The molecule has 1 amide bonds. The van der Waals surface area contributed by atoms with Gasteiger partial charge < -0.3 is 9.40 Å². The van der Waals surface area contributed by atoms with Gasteiger partial charge >= 0.3 is 0 Å². The molecule has 25 heavy (non-hydrogen) atoms. The Bertz CT molecular complexity index is 1010. The van der Waals surface area contributed by atoms with Crippen molar-refractivity contribution in [3.05, 3.63) is 54.1 Å². The molecule has 0 aliphatic rings. The van der Waals surface area contributed by atoms with Gasteiger partial charge in [0.25, 0.3) is 0 Å². The molecule has 0 bridgehead atoms. The number of fused-ring (bicyclic) bond motifs is 1. The normalized spacial score (nSPS) is 11.1. The van der Waals surface area contributed by atoms with E-state index in [0.717, 1.165) is 22.0 Å². The zero-order valence-corrected chi connectivity index (χ0v) is 13.7. The number of nitrogens with zero attached hydrogens (tertiary/aromatic N) is 2. The number of aromatic nitrogens is 4. The molecule has 0 spiro atoms. The lowest BCUT2D eigenvalue weighted by molar-refractivity contribution is -0.116. The Morgan fingerprint density at radius 3 is 3.08 bits per heavy atom. The number of nitrogens with one attached hydrogen (secondary N) is 3. The van der Waals surface area contributed by atoms with Gasteiger partial charge in [0.1, 0.15) is 6.26 Å². The summed E-state index contributed by atoms with van der Waals surface area (Å²) in [4.78, 5) is 19.7. The van der Waals surface area contributed by atoms with E-state index in [2.05, 4.69) is 44.5 Å². The largest absolute Gasteiger partial charge is 0.472 e. The number of rotatable bonds is 5. The van der Waals surface area contributed by atoms with Crippen molar-refractivity contribution in [2.45, 2.75) is 19.8 Å². The molecule has 3 heterocycles. The van der Waals surface area contributed by atoms with Crippen molar-refractivity contribution in [2.24, 2.45) is 0 Å². The van der Waals surface area contributed by atoms with Crippen molar-refractivity contribution < 1.29 is 9.21 Å². The van der Waals surface area contributed by atoms with Crippen LogP contribution in [0.4, 0.5) is 5.95 Å². The predicted molar refractivity (Wildman–Crippen MR) is 94.1 cm³/mol. The smallest absolute Gasteiger partial charge is 0.249 e. The second-order valence-electron chi connectivity index (χ2n) is 5.88. The first kappa shape index (κ1) is 15.2. The monoisotopic (exact) mass is 335 g/mol. The molecule has 0 saturated heterocycles. The number of anilines is 1. The Balaban J connectivity index is 1.40. The summed E-state index contributed by atoms with van der Waals surface area (Å²) in [5.41, 5.74) is 4.22. The molecule has 3 N–H and O–H groups in total. The molecule has 0 aliphatic heterocycles. The highest BCUT2D eigenvalue weighted by molar-refractivity contribution is 5.90. The van der Waals surface area contributed by atoms with Gasteiger partial charge in [0.15, 0.2) is 5.82 Å². The maximum atomic E-state index is 12.2. The SMILES string of the molecule is Cc1cccc2c(CCC(=O)Nc3n[nH]c(-c4ccoc4)n3)c[nH]c12. The zero-order chi connectivity index (χ0) is 17.2. The highest BCUT2D eigenvalue weighted by Crippen LogP contribution is 2.22. The van der Waals surface area contributed by atoms with Gasteiger partial charge in [0.2, 0.25) is 11.9 Å². The fraction of sp³-hybridized carbons (Fsp3) is 0.167. The number of carbonyl (C=O) groups is 1. The molecule has 0 fully saturated rings. The highest BCUT2D eigenvalue weighted by Gasteiger charge is 2.11. The molecule has 0 radical (unpaired) electrons. The minimum atomic E-state index is -0.125. The number of carbonyl (C=O) groups excluding carboxylic acids is 1. The number of amides is 1. The number of benzene rings is 1. The van der Waals surface area contributed by atoms with Crippen LogP contribution < -0.4 is 5.32 Å². The van der Waals surface area contributed by atoms with Gasteiger partial charge in [0.05, 0.1) is 11.8 Å². The van der Waals surface area contributed by atoms with Gasteiger partial charge in [-0.1, -0.05) is 18.2 Å². The first-order valence-electron chi connectivity index (χ1n) is 8.01. The molecule has 3 aromatic heterocycles. The summed E-state index contributed by atoms with van der Waals surface area (Å²) in [5.74, 6) is 0.687. The summed E-state index contributed by atoms with van der Waals surface area (Å²) in [5, 5.41) is 10.6. The minimum Gasteiger partial charge on any atom is -0.472 e. The van der Waals surface area contributed by atoms with Crippen LogP contribution >= 0.6 is 0 Å². The fourth-order valence-electron chi connectivity index (χ4n) is 2.85. The summed E-state index contributed by atoms with van der Waals surface area (Å²) in [7, 11) is 0. The summed E-state index contributed by atoms with van der Waals surface area (Å²) in [6, 6.07) is 7.93. The van der Waals surface area contributed by atoms with Gasteiger partial charge in [-0.25, -0.2) is 0 Å². The number of aromatic amines is 2. The minimum absolute atomic E-state index is 0.125. The van der Waals surface area contributed by atoms with Crippen molar-refractivity contribution in [3.8, 4) is 11.4 Å². The second-order valence-corrected chi connectivity index (χ2v) is 5.88. The molecular weight excluding hydrogens is 318 g/mol. The zero-order valence-electron chi connectivity index (χ0n) is 13.7. The molecule has 7 nitrogen and oxygen atoms in total. The Morgan fingerprint density at radius 2 is 2.24 bits per heavy atom. The summed E-state index contributed by atoms with van der Waals surface area (Å²) < 4.78 is 5.00. The second kappa shape index (κ2) is 6.27. The van der Waals surface area contributed by atoms with Gasteiger partial charge in [-0.05, 0) is 30.5 Å². The van der Waals surface area contributed by atoms with E-state index in [1.54, 1.807) is 18.6 Å². The first-order valence-corrected chi connectivity index (χ1v) is 8.01. The fourth-order valence-corrected chi connectivity index (χ4v) is 2.85. The van der Waals surface area contributed by atoms with E-state index in [-0.39, 0.29) is 11.9 Å². The molecule has 0 saturated carbocycles. The predicted octanol–water partition coefficient (Wildman–Crippen LogP) is 3.43. The first-order chi connectivity index (χ1) is 12.2. The van der Waals surface area contributed by atoms with Gasteiger partial charge in [-0.2, -0.15) is 4.98 Å². The average molecular weight is 335 g/mol. The third-order valence-electron chi connectivity index (χ3n) is 4.16. The number of hydrogen-bond donors (Lipinski definition) is 3. The number of aryl methyl sites for hydroxylation is 2. The van der Waals surface area contributed by atoms with Crippen LogP contribution in [-0.4, -0.2) is 26.1 Å². The van der Waals surface area contributed by atoms with Crippen molar-refractivity contribution in [1.29, 1.82) is 0 Å². The molecular formula is C18H17N5O2. The van der Waals surface area contributed by atoms with Crippen molar-refractivity contribution in [3.63, 3.8) is 0 Å². The van der Waals surface area contributed by atoms with Crippen LogP contribution in [0.25, 0.3) is 22.3 Å². The van der Waals surface area contributed by atoms with Crippen LogP contribution in [-0.2, 0) is 11.2 Å². The van der Waals surface area contributed by atoms with Crippen LogP contribution in [0.15, 0.2) is 47.4 Å². The van der Waals surface area contributed by atoms with Gasteiger partial charge in [-0.15, -0.1) is 5.10 Å². The van der Waals surface area contributed by atoms with Crippen LogP contribution in [0.3, 0.4) is 0 Å². The van der Waals surface area contributed by atoms with Crippen LogP contribution in [0.1, 0.15) is 17.5 Å². The number of furan rings is 1. The Kier molecular flexibility index (Phi) is 3.81. The van der Waals surface area contributed by atoms with Crippen molar-refractivity contribution in [1.82, 2.24) is 20.2 Å². The summed E-state index contributed by atoms with van der Waals surface area (Å²) in [6.07, 6.45) is 6.09. The Labute approximate surface area is 143 Å². The Morgan fingerprint density at radius 1 is 1.32 bits per heavy atom. The summed E-state index contributed by atoms with van der Waals surface area (Å²) in [6.45, 7) is 2.07. The van der Waals surface area contributed by atoms with E-state index in [0.29, 0.717) is 18.7 Å². The Hall–Kier alpha value is -3.35. The van der Waals surface area contributed by atoms with E-state index >= 15 is 0 Å². The lowest BCUT2D eigenvalue weighted by Gasteiger charge is -2.01. The number of para-hydroxylation sites is 1. The molecule has 4 aromatic rings. The van der Waals surface area contributed by atoms with Crippen molar-refractivity contribution in [2.75, 3.05) is 5.32 Å². The third kappa shape index (κ3) is 3.03. The lowest BCUT2D eigenvalue weighted by atomic mass is 10.1. The topological polar surface area (TPSA) is 99.6 Å². The van der Waals surface area contributed by atoms with Crippen LogP contribution in [0.2, 0.25) is 0 Å². The molecule has 1 aromatic carbocycles. The van der Waals surface area contributed by atoms with E-state index < -0.39 is 0 Å². The maximum absolute atomic E-state index is 12.2. The van der Waals surface area contributed by atoms with Crippen LogP contribution in [0, 0.1) is 6.92 Å². The van der Waals surface area contributed by atoms with Crippen molar-refractivity contribution >= 4 is 22.8 Å². The quantitative estimate of drug-likeness (QED) is 0.520. The summed E-state index contributed by atoms with van der Waals surface area (Å²) >= 11 is 0. The van der Waals surface area contributed by atoms with Gasteiger partial charge in [-0.3, -0.25) is 15.2 Å². The molecule has 0 unspecified atom stereocenters. The maximum Gasteiger partial charge on any atom is 0.249 e. The average Bonchev–Trinajstić information content (AvgIpc) is 3.34. The third-order valence-corrected chi connectivity index (χ3v) is 4.16. The molecule has 126 valence electrons. The standard InChI is InChI=1S/C18H17N5O2/c1-11-3-2-4-14-12(9-19-16(11)14)5-6-15(24)20-18-21-17(22-23-18)13-7-8-25-10-13/h2-4,7-10,19H,5-6H2,1H3,(H2,20,21,22,23,24). The molecule has 0 atom stereocenters. The van der Waals surface area contributed by atoms with E-state index in [4.69, 9.17) is 4.42 Å². The highest BCUT2D eigenvalue weighted by atomic mass is 16.3. The molecule has 7 heteroatoms.